The lowest BCUT2D eigenvalue weighted by Gasteiger charge is -2.22. The predicted octanol–water partition coefficient (Wildman–Crippen LogP) is 1.90. The lowest BCUT2D eigenvalue weighted by atomic mass is 10.0. The summed E-state index contributed by atoms with van der Waals surface area (Å²) >= 11 is 0. The number of carbonyl (C=O) groups excluding carboxylic acids is 2. The second-order valence-corrected chi connectivity index (χ2v) is 5.00. The molecule has 2 heterocycles. The molecule has 0 saturated heterocycles. The van der Waals surface area contributed by atoms with Gasteiger partial charge in [-0.05, 0) is 30.2 Å². The summed E-state index contributed by atoms with van der Waals surface area (Å²) in [5.41, 5.74) is 8.07. The molecular weight excluding hydrogens is 266 g/mol. The van der Waals surface area contributed by atoms with Gasteiger partial charge in [-0.2, -0.15) is 0 Å². The SMILES string of the molecule is CC(c1ccc(CN)cc1)N1C(=O)c2cccnc2C1=O. The average Bonchev–Trinajstić information content (AvgIpc) is 2.79. The van der Waals surface area contributed by atoms with Crippen LogP contribution < -0.4 is 5.73 Å². The molecule has 2 amide bonds. The molecule has 106 valence electrons. The summed E-state index contributed by atoms with van der Waals surface area (Å²) in [6.45, 7) is 2.30. The first-order valence-corrected chi connectivity index (χ1v) is 6.75. The first-order chi connectivity index (χ1) is 10.1. The van der Waals surface area contributed by atoms with Gasteiger partial charge in [-0.25, -0.2) is 0 Å². The van der Waals surface area contributed by atoms with E-state index in [2.05, 4.69) is 4.98 Å². The minimum atomic E-state index is -0.342. The Morgan fingerprint density at radius 3 is 2.48 bits per heavy atom. The molecule has 1 aliphatic heterocycles. The zero-order chi connectivity index (χ0) is 15.0. The van der Waals surface area contributed by atoms with E-state index in [0.29, 0.717) is 12.1 Å². The zero-order valence-corrected chi connectivity index (χ0v) is 11.6. The smallest absolute Gasteiger partial charge is 0.280 e. The van der Waals surface area contributed by atoms with Crippen molar-refractivity contribution in [3.05, 3.63) is 65.0 Å². The third kappa shape index (κ3) is 2.11. The van der Waals surface area contributed by atoms with Crippen LogP contribution in [-0.4, -0.2) is 21.7 Å². The molecular formula is C16H15N3O2. The Kier molecular flexibility index (Phi) is 3.27. The maximum Gasteiger partial charge on any atom is 0.280 e. The van der Waals surface area contributed by atoms with E-state index in [1.165, 1.54) is 11.1 Å². The van der Waals surface area contributed by atoms with Crippen LogP contribution in [0.15, 0.2) is 42.6 Å². The molecule has 1 unspecified atom stereocenters. The van der Waals surface area contributed by atoms with Gasteiger partial charge in [0.1, 0.15) is 5.69 Å². The fraction of sp³-hybridized carbons (Fsp3) is 0.188. The number of amides is 2. The van der Waals surface area contributed by atoms with Crippen LogP contribution in [0.5, 0.6) is 0 Å². The van der Waals surface area contributed by atoms with Crippen LogP contribution >= 0.6 is 0 Å². The van der Waals surface area contributed by atoms with Gasteiger partial charge in [-0.15, -0.1) is 0 Å². The van der Waals surface area contributed by atoms with Crippen molar-refractivity contribution in [1.29, 1.82) is 0 Å². The highest BCUT2D eigenvalue weighted by Gasteiger charge is 2.39. The summed E-state index contributed by atoms with van der Waals surface area (Å²) in [5, 5.41) is 0. The average molecular weight is 281 g/mol. The van der Waals surface area contributed by atoms with Crippen molar-refractivity contribution in [3.63, 3.8) is 0 Å². The zero-order valence-electron chi connectivity index (χ0n) is 11.6. The third-order valence-corrected chi connectivity index (χ3v) is 3.76. The normalized spacial score (nSPS) is 15.2. The van der Waals surface area contributed by atoms with Gasteiger partial charge >= 0.3 is 0 Å². The lowest BCUT2D eigenvalue weighted by Crippen LogP contribution is -2.32. The summed E-state index contributed by atoms with van der Waals surface area (Å²) < 4.78 is 0. The van der Waals surface area contributed by atoms with Crippen LogP contribution in [0.2, 0.25) is 0 Å². The van der Waals surface area contributed by atoms with E-state index >= 15 is 0 Å². The number of pyridine rings is 1. The number of benzene rings is 1. The van der Waals surface area contributed by atoms with Crippen molar-refractivity contribution in [2.45, 2.75) is 19.5 Å². The summed E-state index contributed by atoms with van der Waals surface area (Å²) in [5.74, 6) is -0.635. The molecule has 5 nitrogen and oxygen atoms in total. The number of hydrogen-bond donors (Lipinski definition) is 1. The molecule has 2 aromatic rings. The van der Waals surface area contributed by atoms with E-state index in [1.54, 1.807) is 12.1 Å². The minimum Gasteiger partial charge on any atom is -0.326 e. The van der Waals surface area contributed by atoms with Crippen LogP contribution in [-0.2, 0) is 6.54 Å². The highest BCUT2D eigenvalue weighted by atomic mass is 16.2. The van der Waals surface area contributed by atoms with Gasteiger partial charge in [-0.3, -0.25) is 19.5 Å². The Morgan fingerprint density at radius 2 is 1.86 bits per heavy atom. The van der Waals surface area contributed by atoms with Crippen molar-refractivity contribution in [3.8, 4) is 0 Å². The summed E-state index contributed by atoms with van der Waals surface area (Å²) in [6.07, 6.45) is 1.52. The molecule has 0 radical (unpaired) electrons. The number of rotatable bonds is 3. The van der Waals surface area contributed by atoms with Gasteiger partial charge in [0.2, 0.25) is 0 Å². The second-order valence-electron chi connectivity index (χ2n) is 5.00. The Bertz CT molecular complexity index is 675. The quantitative estimate of drug-likeness (QED) is 0.872. The number of imide groups is 1. The Hall–Kier alpha value is -2.53. The minimum absolute atomic E-state index is 0.230. The monoisotopic (exact) mass is 281 g/mol. The van der Waals surface area contributed by atoms with Crippen molar-refractivity contribution in [2.24, 2.45) is 5.73 Å². The molecule has 0 fully saturated rings. The molecule has 0 aliphatic carbocycles. The van der Waals surface area contributed by atoms with E-state index in [9.17, 15) is 9.59 Å². The van der Waals surface area contributed by atoms with Crippen molar-refractivity contribution < 1.29 is 9.59 Å². The summed E-state index contributed by atoms with van der Waals surface area (Å²) in [4.78, 5) is 30.0. The van der Waals surface area contributed by atoms with E-state index < -0.39 is 0 Å². The van der Waals surface area contributed by atoms with Crippen LogP contribution in [0.3, 0.4) is 0 Å². The van der Waals surface area contributed by atoms with Crippen molar-refractivity contribution in [2.75, 3.05) is 0 Å². The molecule has 1 aromatic carbocycles. The number of nitrogens with zero attached hydrogens (tertiary/aromatic N) is 2. The Morgan fingerprint density at radius 1 is 1.14 bits per heavy atom. The Labute approximate surface area is 122 Å². The topological polar surface area (TPSA) is 76.3 Å². The van der Waals surface area contributed by atoms with E-state index in [-0.39, 0.29) is 23.6 Å². The molecule has 1 atom stereocenters. The third-order valence-electron chi connectivity index (χ3n) is 3.76. The molecule has 21 heavy (non-hydrogen) atoms. The van der Waals surface area contributed by atoms with Gasteiger partial charge in [0.05, 0.1) is 11.6 Å². The molecule has 2 N–H and O–H groups in total. The van der Waals surface area contributed by atoms with Gasteiger partial charge in [0.15, 0.2) is 0 Å². The fourth-order valence-electron chi connectivity index (χ4n) is 2.52. The Balaban J connectivity index is 1.94. The summed E-state index contributed by atoms with van der Waals surface area (Å²) in [7, 11) is 0. The van der Waals surface area contributed by atoms with E-state index in [1.807, 2.05) is 31.2 Å². The van der Waals surface area contributed by atoms with Crippen LogP contribution in [0.4, 0.5) is 0 Å². The second kappa shape index (κ2) is 5.10. The number of hydrogen-bond acceptors (Lipinski definition) is 4. The molecule has 1 aliphatic rings. The number of nitrogens with two attached hydrogens (primary N) is 1. The predicted molar refractivity (Wildman–Crippen MR) is 77.5 cm³/mol. The van der Waals surface area contributed by atoms with E-state index in [4.69, 9.17) is 5.73 Å². The number of carbonyl (C=O) groups is 2. The largest absolute Gasteiger partial charge is 0.326 e. The number of fused-ring (bicyclic) bond motifs is 1. The maximum atomic E-state index is 12.4. The number of aromatic nitrogens is 1. The van der Waals surface area contributed by atoms with Crippen molar-refractivity contribution >= 4 is 11.8 Å². The first kappa shape index (κ1) is 13.5. The van der Waals surface area contributed by atoms with Crippen LogP contribution in [0.1, 0.15) is 44.9 Å². The fourth-order valence-corrected chi connectivity index (χ4v) is 2.52. The van der Waals surface area contributed by atoms with Crippen molar-refractivity contribution in [1.82, 2.24) is 9.88 Å². The summed E-state index contributed by atoms with van der Waals surface area (Å²) in [6, 6.07) is 10.5. The van der Waals surface area contributed by atoms with Crippen LogP contribution in [0, 0.1) is 0 Å². The van der Waals surface area contributed by atoms with Crippen LogP contribution in [0.25, 0.3) is 0 Å². The maximum absolute atomic E-state index is 12.4. The molecule has 5 heteroatoms. The highest BCUT2D eigenvalue weighted by Crippen LogP contribution is 2.30. The standard InChI is InChI=1S/C16H15N3O2/c1-10(12-6-4-11(9-17)5-7-12)19-15(20)13-3-2-8-18-14(13)16(19)21/h2-8,10H,9,17H2,1H3. The van der Waals surface area contributed by atoms with Gasteiger partial charge < -0.3 is 5.73 Å². The lowest BCUT2D eigenvalue weighted by molar-refractivity contribution is 0.0593. The molecule has 3 rings (SSSR count). The van der Waals surface area contributed by atoms with E-state index in [0.717, 1.165) is 11.1 Å². The highest BCUT2D eigenvalue weighted by molar-refractivity contribution is 6.20. The molecule has 0 bridgehead atoms. The molecule has 0 saturated carbocycles. The van der Waals surface area contributed by atoms with Gasteiger partial charge in [-0.1, -0.05) is 24.3 Å². The van der Waals surface area contributed by atoms with Gasteiger partial charge in [0.25, 0.3) is 11.8 Å². The molecule has 1 aromatic heterocycles. The molecule has 0 spiro atoms. The first-order valence-electron chi connectivity index (χ1n) is 6.75. The van der Waals surface area contributed by atoms with Gasteiger partial charge in [0, 0.05) is 12.7 Å².